The molecule has 4 heteroatoms. The van der Waals surface area contributed by atoms with Crippen molar-refractivity contribution in [3.05, 3.63) is 0 Å². The summed E-state index contributed by atoms with van der Waals surface area (Å²) in [5, 5.41) is 0.249. The van der Waals surface area contributed by atoms with Gasteiger partial charge in [0.2, 0.25) is 0 Å². The Kier molecular flexibility index (Phi) is 4.32. The summed E-state index contributed by atoms with van der Waals surface area (Å²) in [6.07, 6.45) is 2.37. The number of hydrogen-bond acceptors (Lipinski definition) is 4. The molecular formula is C8H14O3S. The highest BCUT2D eigenvalue weighted by Gasteiger charge is 2.23. The molecule has 1 atom stereocenters. The molecule has 0 saturated carbocycles. The zero-order valence-corrected chi connectivity index (χ0v) is 8.06. The Hall–Kier alpha value is -0.350. The van der Waals surface area contributed by atoms with Crippen LogP contribution in [0.15, 0.2) is 0 Å². The van der Waals surface area contributed by atoms with Crippen LogP contribution in [0.2, 0.25) is 0 Å². The summed E-state index contributed by atoms with van der Waals surface area (Å²) in [4.78, 5) is 0. The van der Waals surface area contributed by atoms with Crippen molar-refractivity contribution in [2.45, 2.75) is 25.9 Å². The Morgan fingerprint density at radius 2 is 2.33 bits per heavy atom. The van der Waals surface area contributed by atoms with E-state index in [2.05, 4.69) is 6.92 Å². The second-order valence-corrected chi connectivity index (χ2v) is 3.05. The Morgan fingerprint density at radius 3 is 2.92 bits per heavy atom. The van der Waals surface area contributed by atoms with E-state index in [-0.39, 0.29) is 11.3 Å². The predicted molar refractivity (Wildman–Crippen MR) is 49.2 cm³/mol. The molecular weight excluding hydrogens is 176 g/mol. The van der Waals surface area contributed by atoms with Gasteiger partial charge in [0.1, 0.15) is 12.7 Å². The molecule has 0 radical (unpaired) electrons. The molecule has 12 heavy (non-hydrogen) atoms. The van der Waals surface area contributed by atoms with Gasteiger partial charge >= 0.3 is 5.24 Å². The Labute approximate surface area is 78.0 Å². The lowest BCUT2D eigenvalue weighted by atomic mass is 10.4. The van der Waals surface area contributed by atoms with Crippen molar-refractivity contribution in [3.63, 3.8) is 0 Å². The van der Waals surface area contributed by atoms with E-state index in [1.807, 2.05) is 0 Å². The number of epoxide rings is 1. The maximum absolute atomic E-state index is 5.11. The Morgan fingerprint density at radius 1 is 1.58 bits per heavy atom. The lowest BCUT2D eigenvalue weighted by Gasteiger charge is -2.06. The predicted octanol–water partition coefficient (Wildman–Crippen LogP) is 1.50. The molecule has 1 fully saturated rings. The van der Waals surface area contributed by atoms with Crippen molar-refractivity contribution in [2.24, 2.45) is 0 Å². The molecule has 1 unspecified atom stereocenters. The van der Waals surface area contributed by atoms with Crippen molar-refractivity contribution in [2.75, 3.05) is 19.8 Å². The molecule has 0 aliphatic carbocycles. The maximum Gasteiger partial charge on any atom is 0.352 e. The van der Waals surface area contributed by atoms with Crippen LogP contribution in [0.5, 0.6) is 0 Å². The first kappa shape index (κ1) is 9.74. The molecule has 0 aromatic rings. The van der Waals surface area contributed by atoms with Crippen LogP contribution in [0.4, 0.5) is 0 Å². The quantitative estimate of drug-likeness (QED) is 0.373. The van der Waals surface area contributed by atoms with Crippen molar-refractivity contribution in [1.29, 1.82) is 0 Å². The minimum absolute atomic E-state index is 0.248. The minimum Gasteiger partial charge on any atom is -0.457 e. The van der Waals surface area contributed by atoms with E-state index in [1.165, 1.54) is 0 Å². The van der Waals surface area contributed by atoms with Gasteiger partial charge in [0.15, 0.2) is 0 Å². The highest BCUT2D eigenvalue weighted by atomic mass is 32.1. The Balaban J connectivity index is 1.88. The number of rotatable bonds is 5. The lowest BCUT2D eigenvalue weighted by molar-refractivity contribution is 0.161. The third-order valence-electron chi connectivity index (χ3n) is 1.51. The average Bonchev–Trinajstić information content (AvgIpc) is 2.84. The van der Waals surface area contributed by atoms with E-state index in [4.69, 9.17) is 26.4 Å². The molecule has 70 valence electrons. The van der Waals surface area contributed by atoms with Crippen LogP contribution in [0, 0.1) is 0 Å². The smallest absolute Gasteiger partial charge is 0.352 e. The summed E-state index contributed by atoms with van der Waals surface area (Å²) in [5.41, 5.74) is 0. The molecule has 1 heterocycles. The van der Waals surface area contributed by atoms with E-state index in [9.17, 15) is 0 Å². The summed E-state index contributed by atoms with van der Waals surface area (Å²) in [6.45, 7) is 4.08. The van der Waals surface area contributed by atoms with Crippen LogP contribution in [0.25, 0.3) is 0 Å². The monoisotopic (exact) mass is 190 g/mol. The fourth-order valence-corrected chi connectivity index (χ4v) is 0.818. The van der Waals surface area contributed by atoms with Crippen molar-refractivity contribution >= 4 is 17.5 Å². The highest BCUT2D eigenvalue weighted by molar-refractivity contribution is 7.79. The minimum atomic E-state index is 0.248. The summed E-state index contributed by atoms with van der Waals surface area (Å²) in [5.74, 6) is 0. The average molecular weight is 190 g/mol. The van der Waals surface area contributed by atoms with Crippen LogP contribution in [-0.4, -0.2) is 31.2 Å². The largest absolute Gasteiger partial charge is 0.457 e. The number of unbranched alkanes of at least 4 members (excludes halogenated alkanes) is 1. The summed E-state index contributed by atoms with van der Waals surface area (Å²) in [7, 11) is 0. The van der Waals surface area contributed by atoms with E-state index >= 15 is 0 Å². The van der Waals surface area contributed by atoms with E-state index < -0.39 is 0 Å². The van der Waals surface area contributed by atoms with Gasteiger partial charge in [-0.25, -0.2) is 0 Å². The molecule has 1 aliphatic rings. The second kappa shape index (κ2) is 5.32. The topological polar surface area (TPSA) is 31.0 Å². The van der Waals surface area contributed by atoms with Crippen LogP contribution in [0.1, 0.15) is 19.8 Å². The number of thiocarbonyl (C=S) groups is 1. The molecule has 0 aromatic heterocycles. The summed E-state index contributed by atoms with van der Waals surface area (Å²) in [6, 6.07) is 0. The lowest BCUT2D eigenvalue weighted by Crippen LogP contribution is -2.11. The van der Waals surface area contributed by atoms with Gasteiger partial charge in [-0.05, 0) is 6.42 Å². The van der Waals surface area contributed by atoms with Crippen molar-refractivity contribution < 1.29 is 14.2 Å². The third-order valence-corrected chi connectivity index (χ3v) is 1.74. The van der Waals surface area contributed by atoms with Gasteiger partial charge in [-0.15, -0.1) is 0 Å². The molecule has 0 aromatic carbocycles. The molecule has 0 bridgehead atoms. The van der Waals surface area contributed by atoms with Gasteiger partial charge in [0, 0.05) is 12.2 Å². The van der Waals surface area contributed by atoms with Crippen molar-refractivity contribution in [1.82, 2.24) is 0 Å². The zero-order valence-electron chi connectivity index (χ0n) is 7.25. The molecule has 1 saturated heterocycles. The fourth-order valence-electron chi connectivity index (χ4n) is 0.667. The van der Waals surface area contributed by atoms with Gasteiger partial charge in [-0.2, -0.15) is 0 Å². The zero-order chi connectivity index (χ0) is 8.81. The molecule has 0 spiro atoms. The van der Waals surface area contributed by atoms with Gasteiger partial charge < -0.3 is 14.2 Å². The third kappa shape index (κ3) is 4.51. The molecule has 1 rings (SSSR count). The van der Waals surface area contributed by atoms with Gasteiger partial charge in [-0.3, -0.25) is 0 Å². The van der Waals surface area contributed by atoms with Crippen LogP contribution >= 0.6 is 12.2 Å². The first-order valence-corrected chi connectivity index (χ1v) is 4.65. The standard InChI is InChI=1S/C8H14O3S/c1-2-3-4-9-8(12)11-6-7-5-10-7/h7H,2-6H2,1H3. The van der Waals surface area contributed by atoms with Gasteiger partial charge in [0.25, 0.3) is 0 Å². The van der Waals surface area contributed by atoms with Crippen LogP contribution < -0.4 is 0 Å². The van der Waals surface area contributed by atoms with E-state index in [0.29, 0.717) is 13.2 Å². The number of ether oxygens (including phenoxy) is 3. The molecule has 3 nitrogen and oxygen atoms in total. The van der Waals surface area contributed by atoms with E-state index in [1.54, 1.807) is 0 Å². The van der Waals surface area contributed by atoms with E-state index in [0.717, 1.165) is 19.4 Å². The molecule has 0 N–H and O–H groups in total. The number of hydrogen-bond donors (Lipinski definition) is 0. The SMILES string of the molecule is CCCCOC(=S)OCC1CO1. The molecule has 1 aliphatic heterocycles. The second-order valence-electron chi connectivity index (χ2n) is 2.72. The fraction of sp³-hybridized carbons (Fsp3) is 0.875. The van der Waals surface area contributed by atoms with Crippen molar-refractivity contribution in [3.8, 4) is 0 Å². The van der Waals surface area contributed by atoms with Gasteiger partial charge in [0.05, 0.1) is 13.2 Å². The Bertz CT molecular complexity index is 145. The van der Waals surface area contributed by atoms with Crippen LogP contribution in [0.3, 0.4) is 0 Å². The highest BCUT2D eigenvalue weighted by Crippen LogP contribution is 2.08. The van der Waals surface area contributed by atoms with Crippen LogP contribution in [-0.2, 0) is 14.2 Å². The normalized spacial score (nSPS) is 20.2. The summed E-state index contributed by atoms with van der Waals surface area (Å²) >= 11 is 4.81. The molecule has 0 amide bonds. The first-order valence-electron chi connectivity index (χ1n) is 4.24. The summed E-state index contributed by atoms with van der Waals surface area (Å²) < 4.78 is 15.2. The maximum atomic E-state index is 5.11. The first-order chi connectivity index (χ1) is 5.83. The van der Waals surface area contributed by atoms with Gasteiger partial charge in [-0.1, -0.05) is 13.3 Å².